The first kappa shape index (κ1) is 56.2. The Kier molecular flexibility index (Phi) is 40.1. The van der Waals surface area contributed by atoms with E-state index in [2.05, 4.69) is 31.3 Å². The third-order valence-electron chi connectivity index (χ3n) is 11.3. The number of allylic oxidation sites excluding steroid dienone is 2. The number of unbranched alkanes of at least 4 members (excludes halogenated alkanes) is 30. The molecule has 8 nitrogen and oxygen atoms in total. The van der Waals surface area contributed by atoms with E-state index in [-0.39, 0.29) is 19.1 Å². The number of carbonyl (C=O) groups is 1. The van der Waals surface area contributed by atoms with Gasteiger partial charge in [-0.2, -0.15) is 0 Å². The molecule has 0 heterocycles. The molecular weight excluding hydrogens is 732 g/mol. The van der Waals surface area contributed by atoms with Gasteiger partial charge < -0.3 is 19.8 Å². The minimum Gasteiger partial charge on any atom is -0.391 e. The van der Waals surface area contributed by atoms with Gasteiger partial charge in [0, 0.05) is 6.42 Å². The molecule has 0 aromatic heterocycles. The van der Waals surface area contributed by atoms with Crippen LogP contribution in [0, 0.1) is 0 Å². The Balaban J connectivity index is 4.28. The van der Waals surface area contributed by atoms with E-state index >= 15 is 0 Å². The van der Waals surface area contributed by atoms with Crippen molar-refractivity contribution >= 4 is 13.7 Å². The second-order valence-electron chi connectivity index (χ2n) is 18.2. The van der Waals surface area contributed by atoms with E-state index in [1.165, 1.54) is 173 Å². The molecule has 0 aliphatic carbocycles. The van der Waals surface area contributed by atoms with Gasteiger partial charge in [0.2, 0.25) is 5.91 Å². The molecule has 0 aliphatic rings. The summed E-state index contributed by atoms with van der Waals surface area (Å²) in [6, 6.07) is -0.757. The minimum atomic E-state index is -4.31. The Hall–Kier alpha value is -0.760. The van der Waals surface area contributed by atoms with Crippen LogP contribution in [0.2, 0.25) is 0 Å². The molecule has 0 saturated heterocycles. The first-order valence-corrected chi connectivity index (χ1v) is 26.0. The number of likely N-dealkylation sites (N-methyl/N-ethyl adjacent to an activating group) is 1. The van der Waals surface area contributed by atoms with Crippen molar-refractivity contribution in [2.24, 2.45) is 0 Å². The van der Waals surface area contributed by atoms with Gasteiger partial charge in [0.25, 0.3) is 0 Å². The topological polar surface area (TPSA) is 105 Å². The van der Waals surface area contributed by atoms with E-state index in [0.29, 0.717) is 23.9 Å². The number of aliphatic hydroxyl groups is 1. The predicted octanol–water partition coefficient (Wildman–Crippen LogP) is 13.9. The number of rotatable bonds is 45. The van der Waals surface area contributed by atoms with Crippen molar-refractivity contribution < 1.29 is 32.9 Å². The van der Waals surface area contributed by atoms with E-state index in [9.17, 15) is 19.4 Å². The summed E-state index contributed by atoms with van der Waals surface area (Å²) >= 11 is 0. The van der Waals surface area contributed by atoms with Crippen LogP contribution in [0.1, 0.15) is 239 Å². The van der Waals surface area contributed by atoms with E-state index < -0.39 is 20.0 Å². The summed E-state index contributed by atoms with van der Waals surface area (Å²) in [4.78, 5) is 23.2. The van der Waals surface area contributed by atoms with Crippen LogP contribution in [0.4, 0.5) is 0 Å². The van der Waals surface area contributed by atoms with Crippen LogP contribution in [-0.2, 0) is 18.4 Å². The third-order valence-corrected chi connectivity index (χ3v) is 12.2. The third kappa shape index (κ3) is 43.1. The molecule has 3 atom stereocenters. The van der Waals surface area contributed by atoms with Gasteiger partial charge in [0.05, 0.1) is 39.9 Å². The summed E-state index contributed by atoms with van der Waals surface area (Å²) in [5, 5.41) is 14.0. The lowest BCUT2D eigenvalue weighted by molar-refractivity contribution is -0.870. The monoisotopic (exact) mass is 830 g/mol. The zero-order chi connectivity index (χ0) is 42.1. The molecule has 0 aromatic carbocycles. The number of hydrogen-bond donors (Lipinski definition) is 3. The number of carbonyl (C=O) groups excluding carboxylic acids is 1. The van der Waals surface area contributed by atoms with E-state index in [4.69, 9.17) is 9.05 Å². The first-order chi connectivity index (χ1) is 27.5. The number of quaternary nitrogens is 1. The lowest BCUT2D eigenvalue weighted by atomic mass is 10.0. The Morgan fingerprint density at radius 1 is 0.579 bits per heavy atom. The molecule has 0 bridgehead atoms. The number of phosphoric acid groups is 1. The highest BCUT2D eigenvalue weighted by Crippen LogP contribution is 2.43. The second kappa shape index (κ2) is 40.6. The van der Waals surface area contributed by atoms with Gasteiger partial charge in [0.15, 0.2) is 0 Å². The van der Waals surface area contributed by atoms with Gasteiger partial charge in [-0.15, -0.1) is 0 Å². The summed E-state index contributed by atoms with van der Waals surface area (Å²) in [7, 11) is 1.62. The largest absolute Gasteiger partial charge is 0.472 e. The highest BCUT2D eigenvalue weighted by Gasteiger charge is 2.28. The van der Waals surface area contributed by atoms with Crippen LogP contribution in [0.25, 0.3) is 0 Å². The fraction of sp³-hybridized carbons (Fsp3) is 0.938. The number of nitrogens with one attached hydrogen (secondary N) is 1. The molecular formula is C48H98N2O6P+. The van der Waals surface area contributed by atoms with Crippen LogP contribution in [0.5, 0.6) is 0 Å². The maximum absolute atomic E-state index is 12.9. The molecule has 57 heavy (non-hydrogen) atoms. The molecule has 0 fully saturated rings. The molecule has 3 N–H and O–H groups in total. The number of aliphatic hydroxyl groups excluding tert-OH is 1. The van der Waals surface area contributed by atoms with E-state index in [1.807, 2.05) is 21.1 Å². The number of phosphoric ester groups is 1. The molecule has 0 saturated carbocycles. The molecule has 0 radical (unpaired) electrons. The van der Waals surface area contributed by atoms with Crippen molar-refractivity contribution in [3.8, 4) is 0 Å². The predicted molar refractivity (Wildman–Crippen MR) is 245 cm³/mol. The molecule has 1 amide bonds. The van der Waals surface area contributed by atoms with Crippen LogP contribution in [0.3, 0.4) is 0 Å². The van der Waals surface area contributed by atoms with Crippen molar-refractivity contribution in [2.75, 3.05) is 40.9 Å². The second-order valence-corrected chi connectivity index (χ2v) is 19.6. The van der Waals surface area contributed by atoms with Crippen molar-refractivity contribution in [2.45, 2.75) is 251 Å². The van der Waals surface area contributed by atoms with Crippen LogP contribution < -0.4 is 5.32 Å². The molecule has 0 rings (SSSR count). The summed E-state index contributed by atoms with van der Waals surface area (Å²) in [5.41, 5.74) is 0. The summed E-state index contributed by atoms with van der Waals surface area (Å²) < 4.78 is 23.7. The van der Waals surface area contributed by atoms with Crippen LogP contribution >= 0.6 is 7.82 Å². The highest BCUT2D eigenvalue weighted by molar-refractivity contribution is 7.47. The van der Waals surface area contributed by atoms with E-state index in [0.717, 1.165) is 38.5 Å². The van der Waals surface area contributed by atoms with Gasteiger partial charge in [-0.05, 0) is 38.5 Å². The smallest absolute Gasteiger partial charge is 0.391 e. The standard InChI is InChI=1S/C48H97N2O6P/c1-6-8-10-12-14-16-18-20-22-24-25-26-28-30-32-34-36-38-40-42-48(52)49-46(45-56-57(53,54)55-44-43-50(3,4)5)47(51)41-39-37-35-33-31-29-27-23-21-19-17-15-13-11-9-7-2/h20,22,46-47,51H,6-19,21,23-45H2,1-5H3,(H-,49,52,53,54)/p+1/b22-20-. The highest BCUT2D eigenvalue weighted by atomic mass is 31.2. The maximum atomic E-state index is 12.9. The van der Waals surface area contributed by atoms with Gasteiger partial charge in [0.1, 0.15) is 13.2 Å². The zero-order valence-electron chi connectivity index (χ0n) is 38.6. The van der Waals surface area contributed by atoms with Crippen LogP contribution in [-0.4, -0.2) is 73.4 Å². The summed E-state index contributed by atoms with van der Waals surface area (Å²) in [5.74, 6) is -0.144. The Labute approximate surface area is 354 Å². The van der Waals surface area contributed by atoms with Gasteiger partial charge in [-0.1, -0.05) is 206 Å². The molecule has 0 aliphatic heterocycles. The Bertz CT molecular complexity index is 942. The lowest BCUT2D eigenvalue weighted by Gasteiger charge is -2.26. The molecule has 340 valence electrons. The van der Waals surface area contributed by atoms with Gasteiger partial charge in [-0.25, -0.2) is 4.57 Å². The SMILES string of the molecule is CCCCCCCC/C=C\CCCCCCCCCCCC(=O)NC(COP(=O)(O)OCC[N+](C)(C)C)C(O)CCCCCCCCCCCCCCCCCC. The van der Waals surface area contributed by atoms with Gasteiger partial charge in [-0.3, -0.25) is 13.8 Å². The summed E-state index contributed by atoms with van der Waals surface area (Å²) in [6.07, 6.45) is 46.6. The maximum Gasteiger partial charge on any atom is 0.472 e. The van der Waals surface area contributed by atoms with Crippen molar-refractivity contribution in [3.05, 3.63) is 12.2 Å². The Morgan fingerprint density at radius 2 is 0.947 bits per heavy atom. The normalized spacial score (nSPS) is 14.3. The van der Waals surface area contributed by atoms with Gasteiger partial charge >= 0.3 is 7.82 Å². The number of hydrogen-bond acceptors (Lipinski definition) is 5. The molecule has 0 aromatic rings. The average molecular weight is 830 g/mol. The zero-order valence-corrected chi connectivity index (χ0v) is 39.5. The fourth-order valence-electron chi connectivity index (χ4n) is 7.34. The van der Waals surface area contributed by atoms with Crippen molar-refractivity contribution in [3.63, 3.8) is 0 Å². The first-order valence-electron chi connectivity index (χ1n) is 24.6. The summed E-state index contributed by atoms with van der Waals surface area (Å²) in [6.45, 7) is 4.90. The van der Waals surface area contributed by atoms with Crippen molar-refractivity contribution in [1.29, 1.82) is 0 Å². The molecule has 0 spiro atoms. The average Bonchev–Trinajstić information content (AvgIpc) is 3.16. The quantitative estimate of drug-likeness (QED) is 0.0244. The lowest BCUT2D eigenvalue weighted by Crippen LogP contribution is -2.46. The van der Waals surface area contributed by atoms with Crippen LogP contribution in [0.15, 0.2) is 12.2 Å². The van der Waals surface area contributed by atoms with E-state index in [1.54, 1.807) is 0 Å². The fourth-order valence-corrected chi connectivity index (χ4v) is 8.07. The number of amides is 1. The van der Waals surface area contributed by atoms with Crippen molar-refractivity contribution in [1.82, 2.24) is 5.32 Å². The molecule has 3 unspecified atom stereocenters. The number of nitrogens with zero attached hydrogens (tertiary/aromatic N) is 1. The molecule has 9 heteroatoms. The Morgan fingerprint density at radius 3 is 1.35 bits per heavy atom. The minimum absolute atomic E-state index is 0.0764.